The Hall–Kier alpha value is -0.620. The average Bonchev–Trinajstić information content (AvgIpc) is 2.30. The molecule has 0 amide bonds. The van der Waals surface area contributed by atoms with Crippen LogP contribution in [-0.4, -0.2) is 78.2 Å². The lowest BCUT2D eigenvalue weighted by atomic mass is 9.99. The molecule has 0 aromatic carbocycles. The Bertz CT molecular complexity index is 385. The predicted octanol–water partition coefficient (Wildman–Crippen LogP) is -3.02. The lowest BCUT2D eigenvalue weighted by molar-refractivity contribution is -0.313. The van der Waals surface area contributed by atoms with Crippen molar-refractivity contribution < 1.29 is 54.2 Å². The van der Waals surface area contributed by atoms with Crippen LogP contribution >= 0.6 is 7.60 Å². The standard InChI is InChI=1S/C7H13O11P/c8-1-2(9)4(17-5(11)3(1)10)6(12)18-19(15,16)7(13)14/h1-6,8-12H,(H,13,14)(H,15,16)/t1-,2-,3+,4-,5+,6?/m0/s1. The van der Waals surface area contributed by atoms with Crippen molar-refractivity contribution in [3.63, 3.8) is 0 Å². The van der Waals surface area contributed by atoms with Crippen molar-refractivity contribution in [3.8, 4) is 0 Å². The van der Waals surface area contributed by atoms with Crippen molar-refractivity contribution >= 4 is 13.3 Å². The minimum Gasteiger partial charge on any atom is -0.472 e. The van der Waals surface area contributed by atoms with E-state index in [1.165, 1.54) is 0 Å². The van der Waals surface area contributed by atoms with Crippen LogP contribution in [-0.2, 0) is 13.8 Å². The van der Waals surface area contributed by atoms with E-state index in [0.717, 1.165) is 0 Å². The van der Waals surface area contributed by atoms with Gasteiger partial charge >= 0.3 is 13.3 Å². The molecule has 0 saturated carbocycles. The van der Waals surface area contributed by atoms with Crippen molar-refractivity contribution in [2.45, 2.75) is 37.0 Å². The molecule has 7 N–H and O–H groups in total. The highest BCUT2D eigenvalue weighted by atomic mass is 31.2. The van der Waals surface area contributed by atoms with E-state index in [-0.39, 0.29) is 0 Å². The van der Waals surface area contributed by atoms with Gasteiger partial charge in [0.05, 0.1) is 0 Å². The van der Waals surface area contributed by atoms with Crippen molar-refractivity contribution in [1.29, 1.82) is 0 Å². The van der Waals surface area contributed by atoms with E-state index < -0.39 is 50.3 Å². The second kappa shape index (κ2) is 5.79. The Balaban J connectivity index is 2.79. The molecule has 1 heterocycles. The van der Waals surface area contributed by atoms with Gasteiger partial charge in [-0.25, -0.2) is 9.36 Å². The molecule has 1 aliphatic rings. The lowest BCUT2D eigenvalue weighted by Crippen LogP contribution is -2.60. The molecule has 0 radical (unpaired) electrons. The van der Waals surface area contributed by atoms with Gasteiger partial charge in [0, 0.05) is 0 Å². The van der Waals surface area contributed by atoms with Crippen LogP contribution in [0.4, 0.5) is 4.79 Å². The quantitative estimate of drug-likeness (QED) is 0.206. The summed E-state index contributed by atoms with van der Waals surface area (Å²) in [5.74, 6) is 0. The van der Waals surface area contributed by atoms with Gasteiger partial charge in [-0.3, -0.25) is 4.52 Å². The molecule has 12 heteroatoms. The zero-order valence-electron chi connectivity index (χ0n) is 9.17. The molecule has 1 saturated heterocycles. The van der Waals surface area contributed by atoms with Gasteiger partial charge in [-0.05, 0) is 0 Å². The Kier molecular flexibility index (Phi) is 5.01. The largest absolute Gasteiger partial charge is 0.472 e. The molecular weight excluding hydrogens is 291 g/mol. The Labute approximate surface area is 105 Å². The summed E-state index contributed by atoms with van der Waals surface area (Å²) in [6, 6.07) is 0. The third-order valence-corrected chi connectivity index (χ3v) is 3.38. The molecule has 0 aromatic rings. The Morgan fingerprint density at radius 1 is 1.16 bits per heavy atom. The van der Waals surface area contributed by atoms with E-state index >= 15 is 0 Å². The van der Waals surface area contributed by atoms with E-state index in [1.807, 2.05) is 0 Å². The Morgan fingerprint density at radius 2 is 1.68 bits per heavy atom. The van der Waals surface area contributed by atoms with E-state index in [0.29, 0.717) is 0 Å². The normalized spacial score (nSPS) is 40.4. The first-order valence-corrected chi connectivity index (χ1v) is 6.46. The van der Waals surface area contributed by atoms with Crippen molar-refractivity contribution in [1.82, 2.24) is 0 Å². The maximum atomic E-state index is 11.0. The van der Waals surface area contributed by atoms with Crippen LogP contribution in [0.1, 0.15) is 0 Å². The number of aliphatic hydroxyl groups is 5. The summed E-state index contributed by atoms with van der Waals surface area (Å²) in [5.41, 5.74) is -2.25. The fourth-order valence-corrected chi connectivity index (χ4v) is 1.88. The Morgan fingerprint density at radius 3 is 2.16 bits per heavy atom. The summed E-state index contributed by atoms with van der Waals surface area (Å²) >= 11 is 0. The predicted molar refractivity (Wildman–Crippen MR) is 53.8 cm³/mol. The van der Waals surface area contributed by atoms with Crippen LogP contribution in [0.25, 0.3) is 0 Å². The fraction of sp³-hybridized carbons (Fsp3) is 0.857. The zero-order valence-corrected chi connectivity index (χ0v) is 10.1. The topological polar surface area (TPSA) is 194 Å². The van der Waals surface area contributed by atoms with Crippen molar-refractivity contribution in [2.24, 2.45) is 0 Å². The third-order valence-electron chi connectivity index (χ3n) is 2.40. The molecule has 2 unspecified atom stereocenters. The van der Waals surface area contributed by atoms with E-state index in [2.05, 4.69) is 9.26 Å². The van der Waals surface area contributed by atoms with Crippen molar-refractivity contribution in [3.05, 3.63) is 0 Å². The molecule has 0 spiro atoms. The van der Waals surface area contributed by atoms with Crippen LogP contribution in [0.5, 0.6) is 0 Å². The summed E-state index contributed by atoms with van der Waals surface area (Å²) in [5, 5.41) is 54.6. The number of carboxylic acid groups (broad SMARTS) is 1. The fourth-order valence-electron chi connectivity index (χ4n) is 1.37. The first-order chi connectivity index (χ1) is 8.58. The molecule has 0 aromatic heterocycles. The molecule has 19 heavy (non-hydrogen) atoms. The second-order valence-corrected chi connectivity index (χ2v) is 5.40. The van der Waals surface area contributed by atoms with E-state index in [4.69, 9.17) is 20.2 Å². The minimum atomic E-state index is -5.22. The summed E-state index contributed by atoms with van der Waals surface area (Å²) in [4.78, 5) is 19.1. The number of rotatable bonds is 4. The number of ether oxygens (including phenoxy) is 1. The molecule has 1 rings (SSSR count). The van der Waals surface area contributed by atoms with Crippen LogP contribution in [0.2, 0.25) is 0 Å². The highest BCUT2D eigenvalue weighted by molar-refractivity contribution is 7.70. The van der Waals surface area contributed by atoms with Gasteiger partial charge in [0.15, 0.2) is 12.6 Å². The number of hydrogen-bond donors (Lipinski definition) is 7. The monoisotopic (exact) mass is 304 g/mol. The maximum Gasteiger partial charge on any atom is 0.438 e. The molecule has 0 aliphatic carbocycles. The maximum absolute atomic E-state index is 11.0. The molecule has 112 valence electrons. The summed E-state index contributed by atoms with van der Waals surface area (Å²) in [7, 11) is -5.22. The van der Waals surface area contributed by atoms with Crippen LogP contribution in [0, 0.1) is 0 Å². The van der Waals surface area contributed by atoms with Crippen LogP contribution in [0.3, 0.4) is 0 Å². The van der Waals surface area contributed by atoms with Gasteiger partial charge in [0.2, 0.25) is 0 Å². The number of carbonyl (C=O) groups is 1. The highest BCUT2D eigenvalue weighted by Gasteiger charge is 2.48. The zero-order chi connectivity index (χ0) is 15.0. The van der Waals surface area contributed by atoms with Crippen LogP contribution in [0.15, 0.2) is 0 Å². The summed E-state index contributed by atoms with van der Waals surface area (Å²) in [6.45, 7) is 0. The molecular formula is C7H13O11P. The molecule has 0 bridgehead atoms. The molecule has 1 fully saturated rings. The van der Waals surface area contributed by atoms with Crippen molar-refractivity contribution in [2.75, 3.05) is 0 Å². The SMILES string of the molecule is O=C(O)P(=O)(O)OC(O)[C@H]1O[C@@H](O)[C@H](O)[C@@H](O)[C@@H]1O. The summed E-state index contributed by atoms with van der Waals surface area (Å²) in [6.07, 6.45) is -12.2. The van der Waals surface area contributed by atoms with Crippen LogP contribution < -0.4 is 0 Å². The highest BCUT2D eigenvalue weighted by Crippen LogP contribution is 2.44. The third kappa shape index (κ3) is 3.48. The minimum absolute atomic E-state index is 1.88. The molecule has 11 nitrogen and oxygen atoms in total. The van der Waals surface area contributed by atoms with Gasteiger partial charge in [-0.1, -0.05) is 0 Å². The molecule has 7 atom stereocenters. The number of aliphatic hydroxyl groups excluding tert-OH is 5. The summed E-state index contributed by atoms with van der Waals surface area (Å²) < 4.78 is 19.3. The second-order valence-electron chi connectivity index (χ2n) is 3.76. The lowest BCUT2D eigenvalue weighted by Gasteiger charge is -2.39. The average molecular weight is 304 g/mol. The van der Waals surface area contributed by atoms with Gasteiger partial charge in [0.25, 0.3) is 0 Å². The van der Waals surface area contributed by atoms with E-state index in [1.54, 1.807) is 0 Å². The van der Waals surface area contributed by atoms with Gasteiger partial charge in [-0.15, -0.1) is 0 Å². The first kappa shape index (κ1) is 16.4. The number of hydrogen-bond acceptors (Lipinski definition) is 9. The molecule has 1 aliphatic heterocycles. The van der Waals surface area contributed by atoms with Gasteiger partial charge in [0.1, 0.15) is 24.4 Å². The van der Waals surface area contributed by atoms with Gasteiger partial charge in [-0.2, -0.15) is 0 Å². The van der Waals surface area contributed by atoms with E-state index in [9.17, 15) is 24.7 Å². The first-order valence-electron chi connectivity index (χ1n) is 4.88. The van der Waals surface area contributed by atoms with Gasteiger partial charge < -0.3 is 40.3 Å². The smallest absolute Gasteiger partial charge is 0.438 e.